The second-order valence-electron chi connectivity index (χ2n) is 4.16. The fraction of sp³-hybridized carbons (Fsp3) is 0.636. The van der Waals surface area contributed by atoms with Crippen LogP contribution in [0.3, 0.4) is 0 Å². The summed E-state index contributed by atoms with van der Waals surface area (Å²) in [4.78, 5) is 12.3. The van der Waals surface area contributed by atoms with Crippen molar-refractivity contribution in [2.45, 2.75) is 32.4 Å². The molecule has 6 heteroatoms. The van der Waals surface area contributed by atoms with Gasteiger partial charge in [0.15, 0.2) is 0 Å². The summed E-state index contributed by atoms with van der Waals surface area (Å²) in [6, 6.07) is 0. The molecule has 0 radical (unpaired) electrons. The molecule has 0 aliphatic rings. The molecule has 0 aromatic carbocycles. The van der Waals surface area contributed by atoms with Gasteiger partial charge in [0.25, 0.3) is 0 Å². The normalized spacial score (nSPS) is 14.6. The molecule has 1 aromatic heterocycles. The van der Waals surface area contributed by atoms with Crippen molar-refractivity contribution >= 4 is 21.7 Å². The number of hydrogen-bond donors (Lipinski definition) is 1. The van der Waals surface area contributed by atoms with Crippen molar-refractivity contribution in [2.24, 2.45) is 5.73 Å². The maximum absolute atomic E-state index is 12.3. The number of carbonyl (C=O) groups excluding carboxylic acids is 1. The van der Waals surface area contributed by atoms with Gasteiger partial charge in [0.1, 0.15) is 5.69 Å². The highest BCUT2D eigenvalue weighted by Crippen LogP contribution is 2.22. The standard InChI is InChI=1S/C11H18BrN3O2/c1-4-11(2,13)10(16)9-8(12)7-14-15(9)5-6-17-3/h7H,4-6,13H2,1-3H3. The zero-order valence-electron chi connectivity index (χ0n) is 10.4. The van der Waals surface area contributed by atoms with Crippen LogP contribution in [0.5, 0.6) is 0 Å². The quantitative estimate of drug-likeness (QED) is 0.811. The summed E-state index contributed by atoms with van der Waals surface area (Å²) >= 11 is 3.33. The van der Waals surface area contributed by atoms with Gasteiger partial charge in [-0.3, -0.25) is 9.48 Å². The van der Waals surface area contributed by atoms with Gasteiger partial charge in [-0.05, 0) is 29.3 Å². The molecule has 96 valence electrons. The molecule has 0 bridgehead atoms. The third-order valence-corrected chi connectivity index (χ3v) is 3.35. The molecule has 0 saturated carbocycles. The van der Waals surface area contributed by atoms with Crippen LogP contribution in [0.25, 0.3) is 0 Å². The van der Waals surface area contributed by atoms with Crippen molar-refractivity contribution < 1.29 is 9.53 Å². The summed E-state index contributed by atoms with van der Waals surface area (Å²) in [7, 11) is 1.61. The monoisotopic (exact) mass is 303 g/mol. The summed E-state index contributed by atoms with van der Waals surface area (Å²) in [5.74, 6) is -0.111. The number of hydrogen-bond acceptors (Lipinski definition) is 4. The Morgan fingerprint density at radius 1 is 1.71 bits per heavy atom. The summed E-state index contributed by atoms with van der Waals surface area (Å²) in [6.07, 6.45) is 2.18. The van der Waals surface area contributed by atoms with Gasteiger partial charge >= 0.3 is 0 Å². The van der Waals surface area contributed by atoms with Crippen molar-refractivity contribution in [3.05, 3.63) is 16.4 Å². The number of Topliss-reactive ketones (excluding diaryl/α,β-unsaturated/α-hetero) is 1. The highest BCUT2D eigenvalue weighted by molar-refractivity contribution is 9.10. The minimum Gasteiger partial charge on any atom is -0.383 e. The van der Waals surface area contributed by atoms with Crippen LogP contribution in [0, 0.1) is 0 Å². The summed E-state index contributed by atoms with van der Waals surface area (Å²) in [5.41, 5.74) is 5.62. The van der Waals surface area contributed by atoms with Crippen molar-refractivity contribution in [3.63, 3.8) is 0 Å². The Kier molecular flexibility index (Phi) is 4.85. The lowest BCUT2D eigenvalue weighted by Crippen LogP contribution is -2.45. The van der Waals surface area contributed by atoms with Gasteiger partial charge in [0.05, 0.1) is 29.4 Å². The van der Waals surface area contributed by atoms with Crippen LogP contribution in [0.2, 0.25) is 0 Å². The molecular weight excluding hydrogens is 286 g/mol. The zero-order chi connectivity index (χ0) is 13.1. The number of halogens is 1. The van der Waals surface area contributed by atoms with E-state index in [1.54, 1.807) is 24.9 Å². The van der Waals surface area contributed by atoms with E-state index in [9.17, 15) is 4.79 Å². The second kappa shape index (κ2) is 5.75. The van der Waals surface area contributed by atoms with Crippen molar-refractivity contribution in [2.75, 3.05) is 13.7 Å². The van der Waals surface area contributed by atoms with Gasteiger partial charge in [-0.25, -0.2) is 0 Å². The van der Waals surface area contributed by atoms with E-state index in [0.29, 0.717) is 29.7 Å². The van der Waals surface area contributed by atoms with Gasteiger partial charge in [-0.1, -0.05) is 6.92 Å². The highest BCUT2D eigenvalue weighted by Gasteiger charge is 2.31. The predicted octanol–water partition coefficient (Wildman–Crippen LogP) is 1.60. The first-order valence-corrected chi connectivity index (χ1v) is 6.27. The van der Waals surface area contributed by atoms with Gasteiger partial charge in [0.2, 0.25) is 5.78 Å². The number of carbonyl (C=O) groups is 1. The van der Waals surface area contributed by atoms with E-state index < -0.39 is 5.54 Å². The number of ketones is 1. The van der Waals surface area contributed by atoms with E-state index in [-0.39, 0.29) is 5.78 Å². The fourth-order valence-electron chi connectivity index (χ4n) is 1.37. The lowest BCUT2D eigenvalue weighted by atomic mass is 9.92. The molecule has 1 rings (SSSR count). The van der Waals surface area contributed by atoms with E-state index >= 15 is 0 Å². The van der Waals surface area contributed by atoms with Crippen LogP contribution < -0.4 is 5.73 Å². The lowest BCUT2D eigenvalue weighted by Gasteiger charge is -2.21. The summed E-state index contributed by atoms with van der Waals surface area (Å²) in [5, 5.41) is 4.14. The molecule has 17 heavy (non-hydrogen) atoms. The average molecular weight is 304 g/mol. The molecule has 1 atom stereocenters. The van der Waals surface area contributed by atoms with Crippen molar-refractivity contribution in [1.29, 1.82) is 0 Å². The van der Waals surface area contributed by atoms with Gasteiger partial charge < -0.3 is 10.5 Å². The largest absolute Gasteiger partial charge is 0.383 e. The third-order valence-electron chi connectivity index (χ3n) is 2.77. The Labute approximate surface area is 109 Å². The van der Waals surface area contributed by atoms with Crippen LogP contribution >= 0.6 is 15.9 Å². The first kappa shape index (κ1) is 14.3. The minimum atomic E-state index is -0.868. The van der Waals surface area contributed by atoms with Gasteiger partial charge in [0, 0.05) is 7.11 Å². The third kappa shape index (κ3) is 3.14. The minimum absolute atomic E-state index is 0.111. The highest BCUT2D eigenvalue weighted by atomic mass is 79.9. The van der Waals surface area contributed by atoms with E-state index in [1.807, 2.05) is 6.92 Å². The van der Waals surface area contributed by atoms with E-state index in [2.05, 4.69) is 21.0 Å². The summed E-state index contributed by atoms with van der Waals surface area (Å²) in [6.45, 7) is 4.65. The molecule has 2 N–H and O–H groups in total. The maximum Gasteiger partial charge on any atom is 0.201 e. The van der Waals surface area contributed by atoms with E-state index in [4.69, 9.17) is 10.5 Å². The molecule has 5 nitrogen and oxygen atoms in total. The van der Waals surface area contributed by atoms with Crippen molar-refractivity contribution in [3.8, 4) is 0 Å². The molecule has 0 amide bonds. The smallest absolute Gasteiger partial charge is 0.201 e. The maximum atomic E-state index is 12.3. The number of rotatable bonds is 6. The first-order valence-electron chi connectivity index (χ1n) is 5.48. The van der Waals surface area contributed by atoms with Crippen molar-refractivity contribution in [1.82, 2.24) is 9.78 Å². The molecule has 0 fully saturated rings. The molecule has 1 aromatic rings. The molecule has 0 spiro atoms. The number of nitrogens with two attached hydrogens (primary N) is 1. The second-order valence-corrected chi connectivity index (χ2v) is 5.01. The first-order chi connectivity index (χ1) is 7.94. The van der Waals surface area contributed by atoms with Crippen LogP contribution in [0.4, 0.5) is 0 Å². The molecule has 1 heterocycles. The molecule has 0 saturated heterocycles. The zero-order valence-corrected chi connectivity index (χ0v) is 12.0. The summed E-state index contributed by atoms with van der Waals surface area (Å²) < 4.78 is 7.27. The van der Waals surface area contributed by atoms with Crippen LogP contribution in [0.15, 0.2) is 10.7 Å². The topological polar surface area (TPSA) is 70.1 Å². The predicted molar refractivity (Wildman–Crippen MR) is 69.0 cm³/mol. The number of nitrogens with zero attached hydrogens (tertiary/aromatic N) is 2. The van der Waals surface area contributed by atoms with E-state index in [1.165, 1.54) is 0 Å². The Balaban J connectivity index is 3.03. The van der Waals surface area contributed by atoms with Gasteiger partial charge in [-0.2, -0.15) is 5.10 Å². The Morgan fingerprint density at radius 3 is 2.88 bits per heavy atom. The van der Waals surface area contributed by atoms with Crippen LogP contribution in [-0.4, -0.2) is 34.8 Å². The molecule has 1 unspecified atom stereocenters. The number of aromatic nitrogens is 2. The Bertz CT molecular complexity index is 401. The van der Waals surface area contributed by atoms with E-state index in [0.717, 1.165) is 0 Å². The lowest BCUT2D eigenvalue weighted by molar-refractivity contribution is 0.0882. The van der Waals surface area contributed by atoms with Crippen LogP contribution in [0.1, 0.15) is 30.8 Å². The fourth-order valence-corrected chi connectivity index (χ4v) is 1.84. The number of ether oxygens (including phenoxy) is 1. The molecular formula is C11H18BrN3O2. The SMILES string of the molecule is CCC(C)(N)C(=O)c1c(Br)cnn1CCOC. The Morgan fingerprint density at radius 2 is 2.35 bits per heavy atom. The average Bonchev–Trinajstić information content (AvgIpc) is 2.66. The molecule has 0 aliphatic carbocycles. The Hall–Kier alpha value is -0.720. The van der Waals surface area contributed by atoms with Gasteiger partial charge in [-0.15, -0.1) is 0 Å². The number of methoxy groups -OCH3 is 1. The molecule has 0 aliphatic heterocycles. The van der Waals surface area contributed by atoms with Crippen LogP contribution in [-0.2, 0) is 11.3 Å².